The van der Waals surface area contributed by atoms with Gasteiger partial charge in [-0.3, -0.25) is 4.79 Å². The number of halogens is 1. The van der Waals surface area contributed by atoms with E-state index in [0.29, 0.717) is 33.8 Å². The number of hydrogen-bond donors (Lipinski definition) is 2. The Balaban J connectivity index is 1.99. The lowest BCUT2D eigenvalue weighted by Crippen LogP contribution is -2.16. The predicted molar refractivity (Wildman–Crippen MR) is 119 cm³/mol. The van der Waals surface area contributed by atoms with Crippen LogP contribution >= 0.6 is 0 Å². The summed E-state index contributed by atoms with van der Waals surface area (Å²) in [5, 5.41) is 14.1. The Bertz CT molecular complexity index is 1200. The van der Waals surface area contributed by atoms with Gasteiger partial charge in [0.25, 0.3) is 5.91 Å². The van der Waals surface area contributed by atoms with Crippen LogP contribution in [0, 0.1) is 17.9 Å². The van der Waals surface area contributed by atoms with E-state index >= 15 is 0 Å². The Morgan fingerprint density at radius 2 is 1.61 bits per heavy atom. The predicted octanol–water partition coefficient (Wildman–Crippen LogP) is 6.17. The lowest BCUT2D eigenvalue weighted by molar-refractivity contribution is 0.102. The first-order valence-electron chi connectivity index (χ1n) is 9.97. The molecule has 0 saturated heterocycles. The summed E-state index contributed by atoms with van der Waals surface area (Å²) in [6, 6.07) is 26.4. The Morgan fingerprint density at radius 1 is 0.968 bits per heavy atom. The van der Waals surface area contributed by atoms with Crippen molar-refractivity contribution in [2.24, 2.45) is 0 Å². The molecule has 0 aliphatic rings. The monoisotopic (exact) mass is 412 g/mol. The molecule has 0 saturated carbocycles. The van der Waals surface area contributed by atoms with Crippen molar-refractivity contribution in [1.82, 2.24) is 4.73 Å². The van der Waals surface area contributed by atoms with E-state index in [1.165, 1.54) is 12.1 Å². The summed E-state index contributed by atoms with van der Waals surface area (Å²) in [4.78, 5) is 13.5. The van der Waals surface area contributed by atoms with Gasteiger partial charge in [0.15, 0.2) is 5.82 Å². The summed E-state index contributed by atoms with van der Waals surface area (Å²) in [7, 11) is 0. The Labute approximate surface area is 180 Å². The van der Waals surface area contributed by atoms with E-state index in [1.54, 1.807) is 12.1 Å². The highest BCUT2D eigenvalue weighted by molar-refractivity contribution is 6.12. The first-order chi connectivity index (χ1) is 15.0. The van der Waals surface area contributed by atoms with Crippen molar-refractivity contribution in [1.29, 1.82) is 0 Å². The van der Waals surface area contributed by atoms with E-state index in [2.05, 4.69) is 17.4 Å². The van der Waals surface area contributed by atoms with Crippen molar-refractivity contribution in [2.45, 2.75) is 19.8 Å². The van der Waals surface area contributed by atoms with Crippen LogP contribution < -0.4 is 5.32 Å². The van der Waals surface area contributed by atoms with Crippen molar-refractivity contribution in [2.75, 3.05) is 5.32 Å². The quantitative estimate of drug-likeness (QED) is 0.385. The molecule has 4 rings (SSSR count). The number of nitrogens with one attached hydrogen (secondary N) is 1. The number of aromatic nitrogens is 1. The average molecular weight is 412 g/mol. The third-order valence-electron chi connectivity index (χ3n) is 5.02. The lowest BCUT2D eigenvalue weighted by Gasteiger charge is -2.11. The number of hydrogen-bond acceptors (Lipinski definition) is 2. The molecule has 154 valence electrons. The van der Waals surface area contributed by atoms with Gasteiger partial charge in [0.2, 0.25) is 0 Å². The molecule has 0 fully saturated rings. The maximum Gasteiger partial charge on any atom is 0.258 e. The molecule has 0 bridgehead atoms. The van der Waals surface area contributed by atoms with E-state index < -0.39 is 5.82 Å². The minimum Gasteiger partial charge on any atom is -0.428 e. The molecule has 4 nitrogen and oxygen atoms in total. The van der Waals surface area contributed by atoms with Crippen LogP contribution in [-0.2, 0) is 0 Å². The van der Waals surface area contributed by atoms with Crippen LogP contribution in [0.5, 0.6) is 0 Å². The van der Waals surface area contributed by atoms with Crippen molar-refractivity contribution >= 4 is 11.6 Å². The first kappa shape index (κ1) is 20.2. The fourth-order valence-corrected chi connectivity index (χ4v) is 3.70. The van der Waals surface area contributed by atoms with Gasteiger partial charge in [0, 0.05) is 11.3 Å². The minimum atomic E-state index is -0.549. The number of carbonyl (C=O) groups is 1. The number of carbonyl (C=O) groups excluding carboxylic acids is 1. The van der Waals surface area contributed by atoms with Crippen LogP contribution in [0.3, 0.4) is 0 Å². The Hall–Kier alpha value is -4.04. The van der Waals surface area contributed by atoms with Crippen LogP contribution in [0.25, 0.3) is 22.4 Å². The molecule has 31 heavy (non-hydrogen) atoms. The molecule has 3 aromatic carbocycles. The largest absolute Gasteiger partial charge is 0.428 e. The molecular weight excluding hydrogens is 391 g/mol. The molecule has 0 radical (unpaired) electrons. The van der Waals surface area contributed by atoms with E-state index in [0.717, 1.165) is 10.3 Å². The van der Waals surface area contributed by atoms with Gasteiger partial charge in [0.1, 0.15) is 5.69 Å². The van der Waals surface area contributed by atoms with Crippen LogP contribution in [0.2, 0.25) is 0 Å². The average Bonchev–Trinajstić information content (AvgIpc) is 3.09. The molecule has 1 heterocycles. The zero-order chi connectivity index (χ0) is 22.0. The van der Waals surface area contributed by atoms with Crippen molar-refractivity contribution in [3.8, 4) is 22.4 Å². The van der Waals surface area contributed by atoms with E-state index in [4.69, 9.17) is 0 Å². The van der Waals surface area contributed by atoms with Gasteiger partial charge in [-0.05, 0) is 41.8 Å². The molecule has 0 unspecified atom stereocenters. The summed E-state index contributed by atoms with van der Waals surface area (Å²) >= 11 is 0. The number of anilines is 1. The first-order valence-corrected chi connectivity index (χ1v) is 9.97. The summed E-state index contributed by atoms with van der Waals surface area (Å²) in [6.45, 7) is 3.81. The zero-order valence-corrected chi connectivity index (χ0v) is 17.2. The van der Waals surface area contributed by atoms with Gasteiger partial charge in [-0.2, -0.15) is 9.12 Å². The van der Waals surface area contributed by atoms with Gasteiger partial charge in [0.05, 0.1) is 16.8 Å². The van der Waals surface area contributed by atoms with Gasteiger partial charge >= 0.3 is 0 Å². The number of nitrogens with zero attached hydrogens (tertiary/aromatic N) is 1. The van der Waals surface area contributed by atoms with Gasteiger partial charge < -0.3 is 10.5 Å². The molecule has 0 aliphatic carbocycles. The highest BCUT2D eigenvalue weighted by Gasteiger charge is 2.30. The number of para-hydroxylation sites is 1. The third kappa shape index (κ3) is 3.88. The number of amides is 1. The SMILES string of the molecule is CC(C)c1c(C(=O)Nc2ccccc2)c(-c2ccccc2)c(-c2c#cc(F)cc2)n1O. The van der Waals surface area contributed by atoms with E-state index in [9.17, 15) is 14.4 Å². The highest BCUT2D eigenvalue weighted by Crippen LogP contribution is 2.41. The van der Waals surface area contributed by atoms with E-state index in [-0.39, 0.29) is 11.8 Å². The lowest BCUT2D eigenvalue weighted by atomic mass is 9.94. The summed E-state index contributed by atoms with van der Waals surface area (Å²) in [5.74, 6) is -1.05. The van der Waals surface area contributed by atoms with Crippen LogP contribution in [0.1, 0.15) is 35.8 Å². The maximum absolute atomic E-state index is 13.5. The number of rotatable bonds is 5. The molecule has 1 aromatic heterocycles. The van der Waals surface area contributed by atoms with Gasteiger partial charge in [-0.1, -0.05) is 68.4 Å². The molecule has 2 N–H and O–H groups in total. The van der Waals surface area contributed by atoms with Crippen molar-refractivity contribution < 1.29 is 14.4 Å². The van der Waals surface area contributed by atoms with Crippen LogP contribution in [-0.4, -0.2) is 15.8 Å². The fourth-order valence-electron chi connectivity index (χ4n) is 3.70. The summed E-state index contributed by atoms with van der Waals surface area (Å²) < 4.78 is 14.5. The third-order valence-corrected chi connectivity index (χ3v) is 5.02. The molecule has 0 aliphatic heterocycles. The Morgan fingerprint density at radius 3 is 2.19 bits per heavy atom. The van der Waals surface area contributed by atoms with Crippen molar-refractivity contribution in [3.05, 3.63) is 102 Å². The van der Waals surface area contributed by atoms with Crippen LogP contribution in [0.4, 0.5) is 10.1 Å². The normalized spacial score (nSPS) is 10.7. The van der Waals surface area contributed by atoms with Crippen molar-refractivity contribution in [3.63, 3.8) is 0 Å². The topological polar surface area (TPSA) is 54.3 Å². The zero-order valence-electron chi connectivity index (χ0n) is 17.2. The molecule has 5 heteroatoms. The maximum atomic E-state index is 13.5. The second-order valence-corrected chi connectivity index (χ2v) is 7.48. The Kier molecular flexibility index (Phi) is 5.46. The smallest absolute Gasteiger partial charge is 0.258 e. The number of benzene rings is 2. The van der Waals surface area contributed by atoms with Gasteiger partial charge in [-0.15, -0.1) is 0 Å². The fraction of sp³-hybridized carbons (Fsp3) is 0.115. The van der Waals surface area contributed by atoms with Gasteiger partial charge in [-0.25, -0.2) is 0 Å². The highest BCUT2D eigenvalue weighted by atomic mass is 19.1. The van der Waals surface area contributed by atoms with E-state index in [1.807, 2.05) is 62.4 Å². The summed E-state index contributed by atoms with van der Waals surface area (Å²) in [5.41, 5.74) is 3.57. The van der Waals surface area contributed by atoms with Crippen LogP contribution in [0.15, 0.2) is 72.8 Å². The summed E-state index contributed by atoms with van der Waals surface area (Å²) in [6.07, 6.45) is 0. The standard InChI is InChI=1S/C26H21FN2O2/c1-17(2)24-23(26(30)28-21-11-7-4-8-12-21)22(18-9-5-3-6-10-18)25(29(24)31)19-13-15-20(27)16-14-19/h3-13,15,17,31H,1-2H3,(H,28,30). The molecular formula is C26H21FN2O2. The molecule has 4 aromatic rings. The molecule has 0 spiro atoms. The molecule has 0 atom stereocenters. The molecule has 1 amide bonds. The minimum absolute atomic E-state index is 0.165. The second-order valence-electron chi connectivity index (χ2n) is 7.48. The second kappa shape index (κ2) is 8.37.